The van der Waals surface area contributed by atoms with E-state index < -0.39 is 6.10 Å². The highest BCUT2D eigenvalue weighted by Crippen LogP contribution is 2.25. The molecule has 0 bridgehead atoms. The first-order valence-electron chi connectivity index (χ1n) is 8.87. The average molecular weight is 341 g/mol. The highest BCUT2D eigenvalue weighted by Gasteiger charge is 2.19. The van der Waals surface area contributed by atoms with Crippen LogP contribution in [0.4, 0.5) is 4.39 Å². The summed E-state index contributed by atoms with van der Waals surface area (Å²) in [6.45, 7) is 3.67. The molecule has 1 amide bonds. The van der Waals surface area contributed by atoms with Gasteiger partial charge >= 0.3 is 0 Å². The van der Waals surface area contributed by atoms with Crippen molar-refractivity contribution in [3.63, 3.8) is 0 Å². The van der Waals surface area contributed by atoms with Crippen molar-refractivity contribution in [3.05, 3.63) is 65.0 Å². The van der Waals surface area contributed by atoms with Gasteiger partial charge in [-0.05, 0) is 80.5 Å². The molecule has 0 saturated carbocycles. The summed E-state index contributed by atoms with van der Waals surface area (Å²) in [4.78, 5) is 12.4. The number of amides is 1. The Kier molecular flexibility index (Phi) is 5.37. The molecule has 132 valence electrons. The van der Waals surface area contributed by atoms with Crippen LogP contribution in [0.25, 0.3) is 0 Å². The van der Waals surface area contributed by atoms with E-state index in [0.29, 0.717) is 5.75 Å². The molecular weight excluding hydrogens is 317 g/mol. The first-order valence-corrected chi connectivity index (χ1v) is 8.87. The topological polar surface area (TPSA) is 38.3 Å². The molecule has 2 aromatic rings. The van der Waals surface area contributed by atoms with Gasteiger partial charge in [0.05, 0.1) is 6.04 Å². The van der Waals surface area contributed by atoms with Crippen LogP contribution in [-0.2, 0) is 17.6 Å². The predicted molar refractivity (Wildman–Crippen MR) is 96.1 cm³/mol. The second-order valence-corrected chi connectivity index (χ2v) is 6.68. The Labute approximate surface area is 148 Å². The Bertz CT molecular complexity index is 742. The molecule has 0 aliphatic heterocycles. The molecule has 0 saturated heterocycles. The molecule has 2 atom stereocenters. The number of fused-ring (bicyclic) bond motifs is 1. The molecule has 0 radical (unpaired) electrons. The maximum absolute atomic E-state index is 12.9. The predicted octanol–water partition coefficient (Wildman–Crippen LogP) is 4.35. The van der Waals surface area contributed by atoms with E-state index >= 15 is 0 Å². The fourth-order valence-corrected chi connectivity index (χ4v) is 3.21. The van der Waals surface area contributed by atoms with E-state index in [1.165, 1.54) is 48.2 Å². The second-order valence-electron chi connectivity index (χ2n) is 6.68. The molecule has 0 unspecified atom stereocenters. The number of aryl methyl sites for hydroxylation is 2. The lowest BCUT2D eigenvalue weighted by molar-refractivity contribution is -0.127. The van der Waals surface area contributed by atoms with Gasteiger partial charge in [-0.2, -0.15) is 0 Å². The Balaban J connectivity index is 1.60. The summed E-state index contributed by atoms with van der Waals surface area (Å²) in [5, 5.41) is 3.00. The van der Waals surface area contributed by atoms with Crippen molar-refractivity contribution >= 4 is 5.91 Å². The van der Waals surface area contributed by atoms with E-state index in [9.17, 15) is 9.18 Å². The zero-order valence-electron chi connectivity index (χ0n) is 14.7. The number of hydrogen-bond acceptors (Lipinski definition) is 2. The van der Waals surface area contributed by atoms with Gasteiger partial charge in [-0.1, -0.05) is 18.2 Å². The highest BCUT2D eigenvalue weighted by atomic mass is 19.1. The molecule has 0 spiro atoms. The molecule has 0 aromatic heterocycles. The van der Waals surface area contributed by atoms with Crippen molar-refractivity contribution in [2.75, 3.05) is 0 Å². The summed E-state index contributed by atoms with van der Waals surface area (Å²) in [5.74, 6) is -0.0366. The molecule has 25 heavy (non-hydrogen) atoms. The third-order valence-corrected chi connectivity index (χ3v) is 4.73. The van der Waals surface area contributed by atoms with Gasteiger partial charge in [0.1, 0.15) is 11.6 Å². The largest absolute Gasteiger partial charge is 0.481 e. The number of ether oxygens (including phenoxy) is 1. The van der Waals surface area contributed by atoms with Crippen molar-refractivity contribution in [3.8, 4) is 5.75 Å². The van der Waals surface area contributed by atoms with Crippen LogP contribution in [0.2, 0.25) is 0 Å². The standard InChI is InChI=1S/C21H24FNO2/c1-14(17-8-7-16-5-3-4-6-18(16)13-17)23-21(24)15(2)25-20-11-9-19(22)10-12-20/h7-15H,3-6H2,1-2H3,(H,23,24)/t14-,15+/m1/s1. The van der Waals surface area contributed by atoms with Gasteiger partial charge < -0.3 is 10.1 Å². The van der Waals surface area contributed by atoms with E-state index in [-0.39, 0.29) is 17.8 Å². The van der Waals surface area contributed by atoms with Gasteiger partial charge in [0, 0.05) is 0 Å². The Morgan fingerprint density at radius 1 is 1.04 bits per heavy atom. The quantitative estimate of drug-likeness (QED) is 0.878. The minimum absolute atomic E-state index is 0.0843. The zero-order valence-corrected chi connectivity index (χ0v) is 14.7. The number of nitrogens with one attached hydrogen (secondary N) is 1. The lowest BCUT2D eigenvalue weighted by Gasteiger charge is -2.21. The van der Waals surface area contributed by atoms with Crippen molar-refractivity contribution in [1.29, 1.82) is 0 Å². The third-order valence-electron chi connectivity index (χ3n) is 4.73. The van der Waals surface area contributed by atoms with Crippen molar-refractivity contribution in [2.45, 2.75) is 51.7 Å². The maximum atomic E-state index is 12.9. The number of carbonyl (C=O) groups is 1. The van der Waals surface area contributed by atoms with Gasteiger partial charge in [0.15, 0.2) is 6.10 Å². The lowest BCUT2D eigenvalue weighted by atomic mass is 9.89. The zero-order chi connectivity index (χ0) is 17.8. The van der Waals surface area contributed by atoms with Crippen LogP contribution in [-0.4, -0.2) is 12.0 Å². The van der Waals surface area contributed by atoms with Gasteiger partial charge in [0.2, 0.25) is 0 Å². The van der Waals surface area contributed by atoms with Gasteiger partial charge in [-0.15, -0.1) is 0 Å². The van der Waals surface area contributed by atoms with Crippen molar-refractivity contribution < 1.29 is 13.9 Å². The van der Waals surface area contributed by atoms with Crippen molar-refractivity contribution in [2.24, 2.45) is 0 Å². The average Bonchev–Trinajstić information content (AvgIpc) is 2.63. The van der Waals surface area contributed by atoms with E-state index in [1.54, 1.807) is 6.92 Å². The number of benzene rings is 2. The molecule has 1 N–H and O–H groups in total. The Hall–Kier alpha value is -2.36. The molecular formula is C21H24FNO2. The SMILES string of the molecule is C[C@H](Oc1ccc(F)cc1)C(=O)N[C@H](C)c1ccc2c(c1)CCCC2. The van der Waals surface area contributed by atoms with Crippen LogP contribution < -0.4 is 10.1 Å². The first-order chi connectivity index (χ1) is 12.0. The van der Waals surface area contributed by atoms with Crippen LogP contribution in [0.3, 0.4) is 0 Å². The molecule has 1 aliphatic rings. The minimum Gasteiger partial charge on any atom is -0.481 e. The highest BCUT2D eigenvalue weighted by molar-refractivity contribution is 5.81. The minimum atomic E-state index is -0.648. The summed E-state index contributed by atoms with van der Waals surface area (Å²) in [6, 6.07) is 12.1. The molecule has 4 heteroatoms. The van der Waals surface area contributed by atoms with Crippen LogP contribution in [0.1, 0.15) is 49.4 Å². The molecule has 1 aliphatic carbocycles. The fourth-order valence-electron chi connectivity index (χ4n) is 3.21. The first kappa shape index (κ1) is 17.5. The Morgan fingerprint density at radius 3 is 2.44 bits per heavy atom. The number of rotatable bonds is 5. The molecule has 0 heterocycles. The molecule has 3 rings (SSSR count). The van der Waals surface area contributed by atoms with Crippen LogP contribution in [0, 0.1) is 5.82 Å². The second kappa shape index (κ2) is 7.68. The molecule has 2 aromatic carbocycles. The third kappa shape index (κ3) is 4.38. The maximum Gasteiger partial charge on any atom is 0.261 e. The number of carbonyl (C=O) groups excluding carboxylic acids is 1. The van der Waals surface area contributed by atoms with Crippen molar-refractivity contribution in [1.82, 2.24) is 5.32 Å². The smallest absolute Gasteiger partial charge is 0.261 e. The van der Waals surface area contributed by atoms with E-state index in [4.69, 9.17) is 4.74 Å². The molecule has 3 nitrogen and oxygen atoms in total. The summed E-state index contributed by atoms with van der Waals surface area (Å²) >= 11 is 0. The monoisotopic (exact) mass is 341 g/mol. The molecule has 0 fully saturated rings. The Morgan fingerprint density at radius 2 is 1.72 bits per heavy atom. The van der Waals surface area contributed by atoms with Crippen LogP contribution >= 0.6 is 0 Å². The van der Waals surface area contributed by atoms with Crippen LogP contribution in [0.5, 0.6) is 5.75 Å². The lowest BCUT2D eigenvalue weighted by Crippen LogP contribution is -2.37. The van der Waals surface area contributed by atoms with Gasteiger partial charge in [0.25, 0.3) is 5.91 Å². The van der Waals surface area contributed by atoms with E-state index in [0.717, 1.165) is 18.4 Å². The summed E-state index contributed by atoms with van der Waals surface area (Å²) in [6.07, 6.45) is 4.12. The number of hydrogen-bond donors (Lipinski definition) is 1. The van der Waals surface area contributed by atoms with E-state index in [1.807, 2.05) is 6.92 Å². The normalized spacial score (nSPS) is 15.8. The fraction of sp³-hybridized carbons (Fsp3) is 0.381. The van der Waals surface area contributed by atoms with Gasteiger partial charge in [-0.3, -0.25) is 4.79 Å². The summed E-state index contributed by atoms with van der Waals surface area (Å²) in [7, 11) is 0. The summed E-state index contributed by atoms with van der Waals surface area (Å²) in [5.41, 5.74) is 3.95. The summed E-state index contributed by atoms with van der Waals surface area (Å²) < 4.78 is 18.5. The van der Waals surface area contributed by atoms with E-state index in [2.05, 4.69) is 23.5 Å². The van der Waals surface area contributed by atoms with Crippen LogP contribution in [0.15, 0.2) is 42.5 Å². The number of halogens is 1. The van der Waals surface area contributed by atoms with Gasteiger partial charge in [-0.25, -0.2) is 4.39 Å².